The first-order chi connectivity index (χ1) is 8.16. The number of carbonyl (C=O) groups is 1. The lowest BCUT2D eigenvalue weighted by atomic mass is 10.3. The molecular formula is C13H16BrNO2. The minimum Gasteiger partial charge on any atom is -0.481 e. The van der Waals surface area contributed by atoms with Crippen molar-refractivity contribution in [1.82, 2.24) is 4.90 Å². The third-order valence-corrected chi connectivity index (χ3v) is 3.42. The van der Waals surface area contributed by atoms with Gasteiger partial charge in [-0.2, -0.15) is 0 Å². The molecule has 1 aliphatic heterocycles. The standard InChI is InChI=1S/C13H16BrNO2/c1-10(13(16)15-8-2-3-9-15)17-12-6-4-11(14)5-7-12/h4-7,10H,2-3,8-9H2,1H3/t10-/m1/s1. The summed E-state index contributed by atoms with van der Waals surface area (Å²) in [4.78, 5) is 13.9. The Labute approximate surface area is 110 Å². The summed E-state index contributed by atoms with van der Waals surface area (Å²) < 4.78 is 6.63. The van der Waals surface area contributed by atoms with Crippen LogP contribution in [0, 0.1) is 0 Å². The number of hydrogen-bond acceptors (Lipinski definition) is 2. The number of nitrogens with zero attached hydrogens (tertiary/aromatic N) is 1. The van der Waals surface area contributed by atoms with E-state index >= 15 is 0 Å². The van der Waals surface area contributed by atoms with E-state index in [0.717, 1.165) is 36.2 Å². The smallest absolute Gasteiger partial charge is 0.263 e. The van der Waals surface area contributed by atoms with Gasteiger partial charge in [-0.3, -0.25) is 4.79 Å². The summed E-state index contributed by atoms with van der Waals surface area (Å²) in [7, 11) is 0. The van der Waals surface area contributed by atoms with Crippen molar-refractivity contribution in [3.8, 4) is 5.75 Å². The lowest BCUT2D eigenvalue weighted by Crippen LogP contribution is -2.38. The summed E-state index contributed by atoms with van der Waals surface area (Å²) in [6, 6.07) is 7.53. The van der Waals surface area contributed by atoms with Gasteiger partial charge in [-0.1, -0.05) is 15.9 Å². The molecule has 0 aliphatic carbocycles. The molecule has 1 heterocycles. The number of ether oxygens (including phenoxy) is 1. The molecule has 17 heavy (non-hydrogen) atoms. The van der Waals surface area contributed by atoms with Gasteiger partial charge in [0.15, 0.2) is 6.10 Å². The van der Waals surface area contributed by atoms with E-state index in [-0.39, 0.29) is 5.91 Å². The van der Waals surface area contributed by atoms with Gasteiger partial charge < -0.3 is 9.64 Å². The van der Waals surface area contributed by atoms with Crippen LogP contribution in [0.15, 0.2) is 28.7 Å². The maximum absolute atomic E-state index is 12.0. The maximum atomic E-state index is 12.0. The second-order valence-electron chi connectivity index (χ2n) is 4.25. The van der Waals surface area contributed by atoms with Crippen LogP contribution in [0.4, 0.5) is 0 Å². The molecule has 4 heteroatoms. The summed E-state index contributed by atoms with van der Waals surface area (Å²) >= 11 is 3.36. The minimum atomic E-state index is -0.408. The molecule has 1 atom stereocenters. The van der Waals surface area contributed by atoms with Gasteiger partial charge in [-0.05, 0) is 44.0 Å². The molecule has 92 valence electrons. The Balaban J connectivity index is 1.93. The number of benzene rings is 1. The summed E-state index contributed by atoms with van der Waals surface area (Å²) in [5.41, 5.74) is 0. The Morgan fingerprint density at radius 2 is 1.88 bits per heavy atom. The number of likely N-dealkylation sites (tertiary alicyclic amines) is 1. The van der Waals surface area contributed by atoms with Crippen LogP contribution in [0.3, 0.4) is 0 Å². The van der Waals surface area contributed by atoms with Crippen molar-refractivity contribution in [1.29, 1.82) is 0 Å². The molecule has 1 amide bonds. The lowest BCUT2D eigenvalue weighted by Gasteiger charge is -2.21. The van der Waals surface area contributed by atoms with E-state index in [4.69, 9.17) is 4.74 Å². The van der Waals surface area contributed by atoms with Crippen molar-refractivity contribution in [3.63, 3.8) is 0 Å². The normalized spacial score (nSPS) is 16.9. The van der Waals surface area contributed by atoms with Crippen molar-refractivity contribution >= 4 is 21.8 Å². The first-order valence-corrected chi connectivity index (χ1v) is 6.67. The van der Waals surface area contributed by atoms with Gasteiger partial charge >= 0.3 is 0 Å². The van der Waals surface area contributed by atoms with Crippen molar-refractivity contribution < 1.29 is 9.53 Å². The van der Waals surface area contributed by atoms with Crippen LogP contribution in [0.25, 0.3) is 0 Å². The molecular weight excluding hydrogens is 282 g/mol. The highest BCUT2D eigenvalue weighted by Crippen LogP contribution is 2.18. The number of rotatable bonds is 3. The Morgan fingerprint density at radius 3 is 2.47 bits per heavy atom. The van der Waals surface area contributed by atoms with Gasteiger partial charge in [0.1, 0.15) is 5.75 Å². The van der Waals surface area contributed by atoms with E-state index in [2.05, 4.69) is 15.9 Å². The largest absolute Gasteiger partial charge is 0.481 e. The average Bonchev–Trinajstić information content (AvgIpc) is 2.84. The fourth-order valence-electron chi connectivity index (χ4n) is 1.96. The van der Waals surface area contributed by atoms with Gasteiger partial charge in [-0.15, -0.1) is 0 Å². The predicted molar refractivity (Wildman–Crippen MR) is 70.0 cm³/mol. The molecule has 0 N–H and O–H groups in total. The molecule has 1 aromatic rings. The lowest BCUT2D eigenvalue weighted by molar-refractivity contribution is -0.136. The molecule has 1 aromatic carbocycles. The van der Waals surface area contributed by atoms with Gasteiger partial charge in [-0.25, -0.2) is 0 Å². The Hall–Kier alpha value is -1.03. The molecule has 2 rings (SSSR count). The van der Waals surface area contributed by atoms with Gasteiger partial charge in [0.25, 0.3) is 5.91 Å². The second-order valence-corrected chi connectivity index (χ2v) is 5.16. The highest BCUT2D eigenvalue weighted by atomic mass is 79.9. The highest BCUT2D eigenvalue weighted by Gasteiger charge is 2.24. The van der Waals surface area contributed by atoms with E-state index in [1.165, 1.54) is 0 Å². The van der Waals surface area contributed by atoms with Crippen molar-refractivity contribution in [2.24, 2.45) is 0 Å². The second kappa shape index (κ2) is 5.54. The first-order valence-electron chi connectivity index (χ1n) is 5.88. The molecule has 0 spiro atoms. The van der Waals surface area contributed by atoms with Crippen molar-refractivity contribution in [3.05, 3.63) is 28.7 Å². The number of hydrogen-bond donors (Lipinski definition) is 0. The van der Waals surface area contributed by atoms with Gasteiger partial charge in [0, 0.05) is 17.6 Å². The summed E-state index contributed by atoms with van der Waals surface area (Å²) in [6.45, 7) is 3.54. The monoisotopic (exact) mass is 297 g/mol. The average molecular weight is 298 g/mol. The molecule has 0 aromatic heterocycles. The quantitative estimate of drug-likeness (QED) is 0.859. The zero-order valence-corrected chi connectivity index (χ0v) is 11.4. The number of halogens is 1. The molecule has 0 bridgehead atoms. The Morgan fingerprint density at radius 1 is 1.29 bits per heavy atom. The topological polar surface area (TPSA) is 29.5 Å². The van der Waals surface area contributed by atoms with Gasteiger partial charge in [0.2, 0.25) is 0 Å². The van der Waals surface area contributed by atoms with Crippen LogP contribution in [0.5, 0.6) is 5.75 Å². The highest BCUT2D eigenvalue weighted by molar-refractivity contribution is 9.10. The first kappa shape index (κ1) is 12.4. The molecule has 0 saturated carbocycles. The van der Waals surface area contributed by atoms with Crippen LogP contribution in [0.2, 0.25) is 0 Å². The summed E-state index contributed by atoms with van der Waals surface area (Å²) in [5, 5.41) is 0. The fourth-order valence-corrected chi connectivity index (χ4v) is 2.23. The van der Waals surface area contributed by atoms with E-state index in [1.54, 1.807) is 0 Å². The Bertz CT molecular complexity index is 385. The zero-order valence-electron chi connectivity index (χ0n) is 9.86. The SMILES string of the molecule is C[C@@H](Oc1ccc(Br)cc1)C(=O)N1CCCC1. The number of amides is 1. The maximum Gasteiger partial charge on any atom is 0.263 e. The summed E-state index contributed by atoms with van der Waals surface area (Å²) in [6.07, 6.45) is 1.81. The van der Waals surface area contributed by atoms with Crippen LogP contribution in [0.1, 0.15) is 19.8 Å². The zero-order chi connectivity index (χ0) is 12.3. The Kier molecular flexibility index (Phi) is 4.05. The van der Waals surface area contributed by atoms with E-state index in [1.807, 2.05) is 36.1 Å². The molecule has 3 nitrogen and oxygen atoms in total. The molecule has 0 unspecified atom stereocenters. The summed E-state index contributed by atoms with van der Waals surface area (Å²) in [5.74, 6) is 0.818. The minimum absolute atomic E-state index is 0.0884. The van der Waals surface area contributed by atoms with Crippen LogP contribution >= 0.6 is 15.9 Å². The van der Waals surface area contributed by atoms with E-state index in [9.17, 15) is 4.79 Å². The van der Waals surface area contributed by atoms with Gasteiger partial charge in [0.05, 0.1) is 0 Å². The van der Waals surface area contributed by atoms with Crippen LogP contribution < -0.4 is 4.74 Å². The van der Waals surface area contributed by atoms with E-state index < -0.39 is 6.10 Å². The number of carbonyl (C=O) groups excluding carboxylic acids is 1. The fraction of sp³-hybridized carbons (Fsp3) is 0.462. The third-order valence-electron chi connectivity index (χ3n) is 2.89. The predicted octanol–water partition coefficient (Wildman–Crippen LogP) is 2.84. The van der Waals surface area contributed by atoms with E-state index in [0.29, 0.717) is 0 Å². The van der Waals surface area contributed by atoms with Crippen LogP contribution in [-0.2, 0) is 4.79 Å². The third kappa shape index (κ3) is 3.22. The molecule has 1 fully saturated rings. The van der Waals surface area contributed by atoms with Crippen molar-refractivity contribution in [2.45, 2.75) is 25.9 Å². The van der Waals surface area contributed by atoms with Crippen molar-refractivity contribution in [2.75, 3.05) is 13.1 Å². The molecule has 1 saturated heterocycles. The molecule has 0 radical (unpaired) electrons. The molecule has 1 aliphatic rings. The van der Waals surface area contributed by atoms with Crippen LogP contribution in [-0.4, -0.2) is 30.0 Å².